The molecule has 4 aromatic rings. The third kappa shape index (κ3) is 18.3. The smallest absolute Gasteiger partial charge is 0.390 e. The van der Waals surface area contributed by atoms with Crippen LogP contribution in [0.25, 0.3) is 16.9 Å². The first kappa shape index (κ1) is 61.3. The number of ether oxygens (including phenoxy) is 3. The number of nitrogens with two attached hydrogens (primary N) is 2. The quantitative estimate of drug-likeness (QED) is 0.0201. The molecule has 1 saturated carbocycles. The lowest BCUT2D eigenvalue weighted by atomic mass is 9.89. The van der Waals surface area contributed by atoms with Crippen molar-refractivity contribution in [2.45, 2.75) is 83.0 Å². The average Bonchev–Trinajstić information content (AvgIpc) is 4.08. The molecule has 6 amide bonds. The zero-order valence-corrected chi connectivity index (χ0v) is 44.2. The highest BCUT2D eigenvalue weighted by Crippen LogP contribution is 2.33. The number of aliphatic hydroxyl groups is 2. The van der Waals surface area contributed by atoms with E-state index in [0.29, 0.717) is 23.3 Å². The summed E-state index contributed by atoms with van der Waals surface area (Å²) >= 11 is 0. The number of Topliss-reactive ketones (excluding diaryl/α,β-unsaturated/α-hetero) is 1. The van der Waals surface area contributed by atoms with E-state index in [1.165, 1.54) is 28.8 Å². The van der Waals surface area contributed by atoms with Gasteiger partial charge in [0.15, 0.2) is 5.78 Å². The minimum absolute atomic E-state index is 0.0416. The van der Waals surface area contributed by atoms with E-state index >= 15 is 0 Å². The van der Waals surface area contributed by atoms with Gasteiger partial charge in [0.25, 0.3) is 11.8 Å². The van der Waals surface area contributed by atoms with Gasteiger partial charge in [0.05, 0.1) is 88.8 Å². The van der Waals surface area contributed by atoms with E-state index in [2.05, 4.69) is 30.5 Å². The molecule has 1 aliphatic carbocycles. The minimum atomic E-state index is -4.63. The number of carbonyl (C=O) groups is 6. The number of imide groups is 1. The van der Waals surface area contributed by atoms with Gasteiger partial charge in [-0.2, -0.15) is 21.6 Å². The summed E-state index contributed by atoms with van der Waals surface area (Å²) in [7, 11) is -4.33. The van der Waals surface area contributed by atoms with Crippen LogP contribution in [0.2, 0.25) is 0 Å². The van der Waals surface area contributed by atoms with Gasteiger partial charge >= 0.3 is 28.2 Å². The van der Waals surface area contributed by atoms with E-state index < -0.39 is 82.6 Å². The Bertz CT molecular complexity index is 2910. The van der Waals surface area contributed by atoms with Gasteiger partial charge in [-0.15, -0.1) is 0 Å². The summed E-state index contributed by atoms with van der Waals surface area (Å²) < 4.78 is 88.4. The Labute approximate surface area is 453 Å². The van der Waals surface area contributed by atoms with Crippen molar-refractivity contribution in [2.75, 3.05) is 70.0 Å². The summed E-state index contributed by atoms with van der Waals surface area (Å²) in [5.41, 5.74) is 6.17. The van der Waals surface area contributed by atoms with E-state index in [9.17, 15) is 60.6 Å². The van der Waals surface area contributed by atoms with Crippen molar-refractivity contribution < 1.29 is 83.5 Å². The number of anilines is 2. The number of aliphatic hydroxyl groups excluding tert-OH is 2. The monoisotopic (exact) mass is 1130 g/mol. The maximum absolute atomic E-state index is 13.9. The molecule has 1 fully saturated rings. The van der Waals surface area contributed by atoms with E-state index in [1.54, 1.807) is 61.0 Å². The predicted molar refractivity (Wildman–Crippen MR) is 276 cm³/mol. The van der Waals surface area contributed by atoms with Crippen LogP contribution < -0.4 is 36.7 Å². The summed E-state index contributed by atoms with van der Waals surface area (Å²) in [5.74, 6) is -3.86. The van der Waals surface area contributed by atoms with Crippen LogP contribution in [0.4, 0.5) is 29.5 Å². The molecule has 2 aliphatic rings. The molecule has 6 atom stereocenters. The minimum Gasteiger partial charge on any atom is -0.390 e. The van der Waals surface area contributed by atoms with Crippen molar-refractivity contribution in [1.82, 2.24) is 25.1 Å². The second-order valence-electron chi connectivity index (χ2n) is 19.2. The molecule has 79 heavy (non-hydrogen) atoms. The Morgan fingerprint density at radius 2 is 1.58 bits per heavy atom. The van der Waals surface area contributed by atoms with Crippen LogP contribution >= 0.6 is 0 Å². The van der Waals surface area contributed by atoms with Crippen LogP contribution in [-0.2, 0) is 65.4 Å². The van der Waals surface area contributed by atoms with Crippen LogP contribution in [0.5, 0.6) is 0 Å². The molecule has 3 heterocycles. The molecule has 24 nitrogen and oxygen atoms in total. The fourth-order valence-corrected chi connectivity index (χ4v) is 9.24. The molecule has 430 valence electrons. The highest BCUT2D eigenvalue weighted by molar-refractivity contribution is 7.84. The van der Waals surface area contributed by atoms with E-state index in [4.69, 9.17) is 25.1 Å². The molecular weight excluding hydrogens is 1070 g/mol. The number of benzene rings is 2. The van der Waals surface area contributed by atoms with Gasteiger partial charge in [-0.1, -0.05) is 47.7 Å². The number of fused-ring (bicyclic) bond motifs is 1. The summed E-state index contributed by atoms with van der Waals surface area (Å²) in [5, 5.41) is 42.4. The fourth-order valence-electron chi connectivity index (χ4n) is 8.87. The molecule has 10 N–H and O–H groups in total. The third-order valence-electron chi connectivity index (χ3n) is 13.0. The second-order valence-corrected chi connectivity index (χ2v) is 20.5. The number of primary amides is 1. The number of carbonyl (C=O) groups excluding carboxylic acids is 6. The van der Waals surface area contributed by atoms with Crippen molar-refractivity contribution in [3.8, 4) is 11.3 Å². The number of alkyl halides is 3. The SMILES string of the molecule is CC(C)[C@H](NC(=O)CCOCCOCCOCCN1C(=O)C=CC1=O)C(=O)C[C@@H](CCCNC(N)=O)C(=O)Nc1ccc(C[n+]2ccc(N[C@@H]3C[C@H](COS(N)(=O)=O)[C@@H](O)[C@H]3O)n3nc(-c4cccc(C(F)(F)F)c4)cc32)cc1. The van der Waals surface area contributed by atoms with Gasteiger partial charge in [0.2, 0.25) is 17.6 Å². The molecule has 1 aliphatic heterocycles. The van der Waals surface area contributed by atoms with Crippen LogP contribution in [0, 0.1) is 17.8 Å². The first-order chi connectivity index (χ1) is 37.5. The van der Waals surface area contributed by atoms with Crippen molar-refractivity contribution in [2.24, 2.45) is 28.6 Å². The van der Waals surface area contributed by atoms with Crippen LogP contribution in [0.15, 0.2) is 79.0 Å². The Balaban J connectivity index is 1.06. The molecule has 0 saturated heterocycles. The van der Waals surface area contributed by atoms with Crippen LogP contribution in [-0.4, -0.2) is 152 Å². The zero-order valence-electron chi connectivity index (χ0n) is 43.4. The van der Waals surface area contributed by atoms with Gasteiger partial charge in [-0.3, -0.25) is 33.1 Å². The number of hydrogen-bond acceptors (Lipinski definition) is 16. The summed E-state index contributed by atoms with van der Waals surface area (Å²) in [6, 6.07) is 12.1. The van der Waals surface area contributed by atoms with Crippen LogP contribution in [0.3, 0.4) is 0 Å². The summed E-state index contributed by atoms with van der Waals surface area (Å²) in [4.78, 5) is 76.3. The Kier molecular flexibility index (Phi) is 22.0. The predicted octanol–water partition coefficient (Wildman–Crippen LogP) is 1.57. The number of halogens is 3. The van der Waals surface area contributed by atoms with Gasteiger partial charge in [0, 0.05) is 60.7 Å². The Morgan fingerprint density at radius 1 is 0.911 bits per heavy atom. The van der Waals surface area contributed by atoms with Gasteiger partial charge < -0.3 is 51.4 Å². The molecule has 0 unspecified atom stereocenters. The molecule has 0 spiro atoms. The number of nitrogens with zero attached hydrogens (tertiary/aromatic N) is 4. The first-order valence-corrected chi connectivity index (χ1v) is 26.9. The molecule has 6 rings (SSSR count). The fraction of sp³-hybridized carbons (Fsp3) is 0.490. The van der Waals surface area contributed by atoms with E-state index in [0.717, 1.165) is 17.0 Å². The molecule has 2 aromatic heterocycles. The first-order valence-electron chi connectivity index (χ1n) is 25.4. The lowest BCUT2D eigenvalue weighted by Gasteiger charge is -2.24. The lowest BCUT2D eigenvalue weighted by Crippen LogP contribution is -2.45. The topological polar surface area (TPSA) is 339 Å². The molecule has 0 bridgehead atoms. The molecule has 0 radical (unpaired) electrons. The Morgan fingerprint density at radius 3 is 2.23 bits per heavy atom. The number of amides is 6. The number of rotatable bonds is 31. The number of aromatic nitrogens is 3. The average molecular weight is 1130 g/mol. The maximum atomic E-state index is 13.9. The van der Waals surface area contributed by atoms with E-state index in [-0.39, 0.29) is 126 Å². The maximum Gasteiger partial charge on any atom is 0.416 e. The van der Waals surface area contributed by atoms with Crippen molar-refractivity contribution in [1.29, 1.82) is 0 Å². The lowest BCUT2D eigenvalue weighted by molar-refractivity contribution is -0.665. The highest BCUT2D eigenvalue weighted by atomic mass is 32.2. The Hall–Kier alpha value is -6.92. The third-order valence-corrected chi connectivity index (χ3v) is 13.5. The van der Waals surface area contributed by atoms with Crippen LogP contribution in [0.1, 0.15) is 57.1 Å². The normalized spacial score (nSPS) is 18.3. The largest absolute Gasteiger partial charge is 0.416 e. The number of hydrogen-bond donors (Lipinski definition) is 8. The second kappa shape index (κ2) is 28.3. The highest BCUT2D eigenvalue weighted by Gasteiger charge is 2.43. The van der Waals surface area contributed by atoms with Crippen molar-refractivity contribution in [3.05, 3.63) is 90.1 Å². The van der Waals surface area contributed by atoms with Gasteiger partial charge in [-0.05, 0) is 55.0 Å². The number of ketones is 1. The van der Waals surface area contributed by atoms with Gasteiger partial charge in [0.1, 0.15) is 18.3 Å². The molecular formula is C51H66F3N10O14S+. The summed E-state index contributed by atoms with van der Waals surface area (Å²) in [6.45, 7) is 4.55. The molecule has 2 aromatic carbocycles. The van der Waals surface area contributed by atoms with E-state index in [1.807, 2.05) is 0 Å². The van der Waals surface area contributed by atoms with Gasteiger partial charge in [-0.25, -0.2) is 14.5 Å². The van der Waals surface area contributed by atoms with Crippen molar-refractivity contribution >= 4 is 62.9 Å². The standard InChI is InChI=1S/C51H65F3N10O14S/c1-31(2)46(60-42(66)15-19-75-21-23-77-24-22-76-20-18-63-44(67)12-13-45(63)68)40(65)27-34(6-4-16-57-50(55)72)49(71)58-37-10-8-32(9-11-37)29-62-17-14-41(59-39-26-35(47(69)48(39)70)30-78-79(56,73)74)64-43(62)28-38(61-64)33-5-3-7-36(25-33)51(52,53)54/h3,5,7-14,17,25,28,31,34-35,39,46-48,69-70H,4,6,15-16,18-24,26-27,29-30H2,1-2H3,(H7,55,56,57,58,60,66,71,72,73,74)/p+1/t34-,35-,39-,46+,47-,48+/m1/s1. The van der Waals surface area contributed by atoms with Crippen molar-refractivity contribution in [3.63, 3.8) is 0 Å². The number of urea groups is 1. The zero-order chi connectivity index (χ0) is 57.4. The number of nitrogens with one attached hydrogen (secondary N) is 4. The molecule has 28 heteroatoms. The summed E-state index contributed by atoms with van der Waals surface area (Å²) in [6.07, 6.45) is -3.11.